The molecule has 2 aliphatic heterocycles. The van der Waals surface area contributed by atoms with Crippen LogP contribution >= 0.6 is 0 Å². The Bertz CT molecular complexity index is 2000. The van der Waals surface area contributed by atoms with E-state index < -0.39 is 28.4 Å². The summed E-state index contributed by atoms with van der Waals surface area (Å²) in [6.07, 6.45) is 4.45. The quantitative estimate of drug-likeness (QED) is 0.187. The maximum Gasteiger partial charge on any atom is 0.325 e. The first-order valence-corrected chi connectivity index (χ1v) is 16.3. The molecule has 240 valence electrons. The van der Waals surface area contributed by atoms with E-state index >= 15 is 0 Å². The number of ether oxygens (including phenoxy) is 1. The van der Waals surface area contributed by atoms with E-state index in [2.05, 4.69) is 20.6 Å². The van der Waals surface area contributed by atoms with Crippen LogP contribution in [0.25, 0.3) is 11.1 Å². The van der Waals surface area contributed by atoms with E-state index in [9.17, 15) is 24.3 Å². The van der Waals surface area contributed by atoms with Gasteiger partial charge in [0.15, 0.2) is 5.78 Å². The van der Waals surface area contributed by atoms with Gasteiger partial charge in [-0.15, -0.1) is 0 Å². The lowest BCUT2D eigenvalue weighted by Crippen LogP contribution is -2.75. The van der Waals surface area contributed by atoms with Gasteiger partial charge in [0.1, 0.15) is 11.9 Å². The van der Waals surface area contributed by atoms with Crippen LogP contribution in [0.3, 0.4) is 0 Å². The lowest BCUT2D eigenvalue weighted by Gasteiger charge is -2.61. The van der Waals surface area contributed by atoms with Gasteiger partial charge < -0.3 is 25.5 Å². The number of aromatic amines is 2. The van der Waals surface area contributed by atoms with Gasteiger partial charge in [0.25, 0.3) is 11.5 Å². The number of nitrogens with one attached hydrogen (secondary N) is 4. The third-order valence-corrected chi connectivity index (χ3v) is 11.0. The second-order valence-corrected chi connectivity index (χ2v) is 13.4. The van der Waals surface area contributed by atoms with Crippen LogP contribution in [-0.4, -0.2) is 57.6 Å². The molecule has 10 heteroatoms. The third-order valence-electron chi connectivity index (χ3n) is 11.0. The fourth-order valence-electron chi connectivity index (χ4n) is 8.82. The van der Waals surface area contributed by atoms with Crippen LogP contribution in [-0.2, 0) is 18.3 Å². The number of Topliss-reactive ketones (excluding diaryl/α,β-unsaturated/α-hetero) is 1. The molecule has 1 saturated heterocycles. The van der Waals surface area contributed by atoms with Crippen LogP contribution in [0.5, 0.6) is 5.75 Å². The summed E-state index contributed by atoms with van der Waals surface area (Å²) in [6.45, 7) is 1.11. The first-order valence-electron chi connectivity index (χ1n) is 16.3. The van der Waals surface area contributed by atoms with E-state index in [1.54, 1.807) is 0 Å². The summed E-state index contributed by atoms with van der Waals surface area (Å²) >= 11 is 0. The molecule has 3 aromatic carbocycles. The number of hydrogen-bond donors (Lipinski definition) is 5. The molecule has 47 heavy (non-hydrogen) atoms. The van der Waals surface area contributed by atoms with Crippen LogP contribution in [0.1, 0.15) is 63.1 Å². The summed E-state index contributed by atoms with van der Waals surface area (Å²) in [6, 6.07) is 20.5. The number of H-pyrrole nitrogens is 2. The highest BCUT2D eigenvalue weighted by atomic mass is 16.5. The molecule has 1 amide bonds. The van der Waals surface area contributed by atoms with Crippen molar-refractivity contribution in [2.45, 2.75) is 61.7 Å². The predicted molar refractivity (Wildman–Crippen MR) is 175 cm³/mol. The fraction of sp³-hybridized carbons (Fsp3) is 0.351. The van der Waals surface area contributed by atoms with Crippen molar-refractivity contribution >= 4 is 11.7 Å². The van der Waals surface area contributed by atoms with E-state index in [-0.39, 0.29) is 23.7 Å². The first-order chi connectivity index (χ1) is 22.8. The van der Waals surface area contributed by atoms with Crippen LogP contribution in [0.15, 0.2) is 82.5 Å². The van der Waals surface area contributed by atoms with E-state index in [0.717, 1.165) is 23.2 Å². The van der Waals surface area contributed by atoms with Crippen molar-refractivity contribution in [3.8, 4) is 16.9 Å². The Kier molecular flexibility index (Phi) is 7.03. The first kappa shape index (κ1) is 29.6. The van der Waals surface area contributed by atoms with E-state index in [1.165, 1.54) is 6.20 Å². The summed E-state index contributed by atoms with van der Waals surface area (Å²) < 4.78 is 6.83. The summed E-state index contributed by atoms with van der Waals surface area (Å²) in [5, 5.41) is 19.1. The molecule has 3 heterocycles. The SMILES string of the molecule is O=C(CC1CC[C@@]2(O)[C@H]3Cc4ccc(C(=O)NCCc5ccc(-c6c[nH]c(=O)[nH]c6=O)cc5)c5c4[C@@]2(CCN3)C1O5)c1ccccc1. The van der Waals surface area contributed by atoms with Crippen molar-refractivity contribution < 1.29 is 19.4 Å². The van der Waals surface area contributed by atoms with Crippen LogP contribution in [0.2, 0.25) is 0 Å². The van der Waals surface area contributed by atoms with Crippen molar-refractivity contribution in [1.82, 2.24) is 20.6 Å². The van der Waals surface area contributed by atoms with Crippen LogP contribution in [0, 0.1) is 5.92 Å². The molecule has 1 spiro atoms. The molecular weight excluding hydrogens is 596 g/mol. The Labute approximate surface area is 270 Å². The lowest BCUT2D eigenvalue weighted by molar-refractivity contribution is -0.165. The summed E-state index contributed by atoms with van der Waals surface area (Å²) in [5.41, 5.74) is 2.48. The number of carbonyl (C=O) groups excluding carboxylic acids is 2. The highest BCUT2D eigenvalue weighted by Crippen LogP contribution is 2.64. The Morgan fingerprint density at radius 2 is 1.81 bits per heavy atom. The van der Waals surface area contributed by atoms with Crippen LogP contribution < -0.4 is 26.6 Å². The molecule has 4 aliphatic rings. The zero-order valence-electron chi connectivity index (χ0n) is 25.8. The number of benzene rings is 3. The second kappa shape index (κ2) is 11.2. The zero-order chi connectivity index (χ0) is 32.3. The normalized spacial score (nSPS) is 26.6. The van der Waals surface area contributed by atoms with Crippen LogP contribution in [0.4, 0.5) is 0 Å². The average molecular weight is 633 g/mol. The Morgan fingerprint density at radius 1 is 1.00 bits per heavy atom. The monoisotopic (exact) mass is 632 g/mol. The van der Waals surface area contributed by atoms with Gasteiger partial charge in [-0.05, 0) is 61.4 Å². The van der Waals surface area contributed by atoms with Gasteiger partial charge in [-0.25, -0.2) is 4.79 Å². The second-order valence-electron chi connectivity index (χ2n) is 13.4. The minimum atomic E-state index is -1.03. The molecule has 5 atom stereocenters. The van der Waals surface area contributed by atoms with Crippen molar-refractivity contribution in [2.75, 3.05) is 13.1 Å². The molecule has 1 saturated carbocycles. The maximum atomic E-state index is 13.7. The number of rotatable bonds is 8. The average Bonchev–Trinajstić information content (AvgIpc) is 3.42. The molecular formula is C37H36N4O6. The summed E-state index contributed by atoms with van der Waals surface area (Å²) in [5.74, 6) is 0.282. The summed E-state index contributed by atoms with van der Waals surface area (Å²) in [4.78, 5) is 55.3. The largest absolute Gasteiger partial charge is 0.488 e. The molecule has 10 nitrogen and oxygen atoms in total. The number of ketones is 1. The van der Waals surface area contributed by atoms with Crippen molar-refractivity contribution in [1.29, 1.82) is 0 Å². The molecule has 4 aromatic rings. The standard InChI is InChI=1S/C37H36N4O6/c42-28(23-4-2-1-3-5-23)18-25-12-14-37(46)29-19-24-10-11-26(31-30(24)36(37,15-17-38-29)32(25)47-31)33(43)39-16-13-21-6-8-22(9-7-21)27-20-40-35(45)41-34(27)44/h1-11,20,25,29,32,38,46H,12-19H2,(H,39,43)(H2,40,41,44,45)/t25?,29-,32?,36+,37-/m1/s1. The molecule has 2 bridgehead atoms. The zero-order valence-corrected chi connectivity index (χ0v) is 25.8. The minimum Gasteiger partial charge on any atom is -0.488 e. The predicted octanol–water partition coefficient (Wildman–Crippen LogP) is 3.03. The van der Waals surface area contributed by atoms with Gasteiger partial charge in [0, 0.05) is 42.2 Å². The number of hydrogen-bond acceptors (Lipinski definition) is 7. The highest BCUT2D eigenvalue weighted by Gasteiger charge is 2.71. The molecule has 2 unspecified atom stereocenters. The maximum absolute atomic E-state index is 13.7. The van der Waals surface area contributed by atoms with E-state index in [0.29, 0.717) is 73.1 Å². The Hall–Kier alpha value is -4.80. The molecule has 2 aliphatic carbocycles. The Balaban J connectivity index is 1.04. The number of amides is 1. The molecule has 2 fully saturated rings. The number of carbonyl (C=O) groups is 2. The fourth-order valence-corrected chi connectivity index (χ4v) is 8.82. The van der Waals surface area contributed by atoms with Gasteiger partial charge >= 0.3 is 5.69 Å². The van der Waals surface area contributed by atoms with Gasteiger partial charge in [0.2, 0.25) is 0 Å². The van der Waals surface area contributed by atoms with Gasteiger partial charge in [0.05, 0.1) is 22.1 Å². The highest BCUT2D eigenvalue weighted by molar-refractivity contribution is 5.98. The van der Waals surface area contributed by atoms with Crippen molar-refractivity contribution in [2.24, 2.45) is 5.92 Å². The number of aromatic nitrogens is 2. The molecule has 0 radical (unpaired) electrons. The van der Waals surface area contributed by atoms with Crippen molar-refractivity contribution in [3.05, 3.63) is 122 Å². The number of piperidine rings is 1. The van der Waals surface area contributed by atoms with E-state index in [4.69, 9.17) is 4.74 Å². The summed E-state index contributed by atoms with van der Waals surface area (Å²) in [7, 11) is 0. The van der Waals surface area contributed by atoms with Gasteiger partial charge in [-0.2, -0.15) is 0 Å². The number of aliphatic hydroxyl groups is 1. The molecule has 5 N–H and O–H groups in total. The lowest BCUT2D eigenvalue weighted by atomic mass is 9.47. The van der Waals surface area contributed by atoms with Crippen molar-refractivity contribution in [3.63, 3.8) is 0 Å². The topological polar surface area (TPSA) is 153 Å². The smallest absolute Gasteiger partial charge is 0.325 e. The molecule has 8 rings (SSSR count). The molecule has 1 aromatic heterocycles. The van der Waals surface area contributed by atoms with E-state index in [1.807, 2.05) is 66.7 Å². The Morgan fingerprint density at radius 3 is 2.60 bits per heavy atom. The van der Waals surface area contributed by atoms with Gasteiger partial charge in [-0.3, -0.25) is 19.4 Å². The minimum absolute atomic E-state index is 0.0648. The van der Waals surface area contributed by atoms with Gasteiger partial charge in [-0.1, -0.05) is 60.7 Å². The third kappa shape index (κ3) is 4.61.